The van der Waals surface area contributed by atoms with Crippen LogP contribution in [0.5, 0.6) is 0 Å². The third-order valence-electron chi connectivity index (χ3n) is 3.03. The fraction of sp³-hybridized carbons (Fsp3) is 0.188. The highest BCUT2D eigenvalue weighted by molar-refractivity contribution is 9.10. The van der Waals surface area contributed by atoms with Gasteiger partial charge in [-0.25, -0.2) is 0 Å². The molecule has 3 nitrogen and oxygen atoms in total. The number of anilines is 1. The summed E-state index contributed by atoms with van der Waals surface area (Å²) in [6.45, 7) is 1.19. The summed E-state index contributed by atoms with van der Waals surface area (Å²) in [7, 11) is 1.99. The van der Waals surface area contributed by atoms with Gasteiger partial charge in [-0.05, 0) is 24.3 Å². The van der Waals surface area contributed by atoms with Crippen LogP contribution in [0.3, 0.4) is 0 Å². The van der Waals surface area contributed by atoms with Crippen LogP contribution in [0, 0.1) is 0 Å². The summed E-state index contributed by atoms with van der Waals surface area (Å²) >= 11 is 9.44. The van der Waals surface area contributed by atoms with Gasteiger partial charge in [-0.15, -0.1) is 0 Å². The lowest BCUT2D eigenvalue weighted by Gasteiger charge is -2.14. The van der Waals surface area contributed by atoms with E-state index in [1.54, 1.807) is 12.1 Å². The van der Waals surface area contributed by atoms with Crippen molar-refractivity contribution >= 4 is 39.1 Å². The van der Waals surface area contributed by atoms with Gasteiger partial charge in [0.25, 0.3) is 5.91 Å². The Labute approximate surface area is 138 Å². The maximum atomic E-state index is 12.0. The van der Waals surface area contributed by atoms with Crippen LogP contribution in [0.15, 0.2) is 53.0 Å². The van der Waals surface area contributed by atoms with E-state index in [-0.39, 0.29) is 5.91 Å². The van der Waals surface area contributed by atoms with E-state index in [0.29, 0.717) is 17.3 Å². The summed E-state index contributed by atoms with van der Waals surface area (Å²) in [5.41, 5.74) is 1.85. The monoisotopic (exact) mass is 367 g/mol. The van der Waals surface area contributed by atoms with Crippen LogP contribution in [-0.4, -0.2) is 19.5 Å². The fourth-order valence-corrected chi connectivity index (χ4v) is 2.49. The fourth-order valence-electron chi connectivity index (χ4n) is 2.04. The number of para-hydroxylation sites is 1. The molecule has 2 aromatic rings. The van der Waals surface area contributed by atoms with Gasteiger partial charge in [0.05, 0.1) is 17.8 Å². The summed E-state index contributed by atoms with van der Waals surface area (Å²) in [5.74, 6) is -0.0438. The van der Waals surface area contributed by atoms with E-state index in [1.165, 1.54) is 5.56 Å². The zero-order valence-corrected chi connectivity index (χ0v) is 14.0. The normalized spacial score (nSPS) is 12.0. The van der Waals surface area contributed by atoms with Crippen LogP contribution < -0.4 is 10.2 Å². The summed E-state index contributed by atoms with van der Waals surface area (Å²) in [6, 6.07) is 15.4. The number of carbonyl (C=O) groups is 1. The van der Waals surface area contributed by atoms with E-state index in [2.05, 4.69) is 33.4 Å². The maximum Gasteiger partial charge on any atom is 0.279 e. The minimum absolute atomic E-state index is 0.0438. The van der Waals surface area contributed by atoms with Crippen LogP contribution >= 0.6 is 27.5 Å². The first-order valence-corrected chi connectivity index (χ1v) is 7.82. The highest BCUT2D eigenvalue weighted by Crippen LogP contribution is 2.19. The predicted molar refractivity (Wildman–Crippen MR) is 89.7 cm³/mol. The molecular formula is C16H17BrClN2O+. The predicted octanol–water partition coefficient (Wildman–Crippen LogP) is 2.76. The number of likely N-dealkylation sites (N-methyl/N-ethyl adjacent to an activating group) is 1. The molecule has 2 rings (SSSR count). The molecule has 0 heterocycles. The first kappa shape index (κ1) is 16.0. The van der Waals surface area contributed by atoms with Gasteiger partial charge in [-0.2, -0.15) is 0 Å². The molecule has 0 spiro atoms. The average Bonchev–Trinajstić information content (AvgIpc) is 2.44. The molecule has 1 unspecified atom stereocenters. The van der Waals surface area contributed by atoms with Crippen LogP contribution in [-0.2, 0) is 11.3 Å². The number of nitrogens with one attached hydrogen (secondary N) is 2. The van der Waals surface area contributed by atoms with E-state index >= 15 is 0 Å². The van der Waals surface area contributed by atoms with Gasteiger partial charge in [-0.3, -0.25) is 4.79 Å². The Hall–Kier alpha value is -1.36. The van der Waals surface area contributed by atoms with Crippen molar-refractivity contribution in [2.24, 2.45) is 0 Å². The van der Waals surface area contributed by atoms with Crippen molar-refractivity contribution in [3.05, 3.63) is 63.6 Å². The molecule has 0 bridgehead atoms. The quantitative estimate of drug-likeness (QED) is 0.836. The van der Waals surface area contributed by atoms with Crippen molar-refractivity contribution in [3.63, 3.8) is 0 Å². The first-order valence-electron chi connectivity index (χ1n) is 6.65. The molecule has 0 radical (unpaired) electrons. The molecule has 0 aliphatic carbocycles. The SMILES string of the molecule is C[NH+](CC(=O)Nc1ccccc1Cl)Cc1ccc(Br)cc1. The molecule has 2 N–H and O–H groups in total. The Morgan fingerprint density at radius 3 is 2.52 bits per heavy atom. The molecule has 0 aliphatic heterocycles. The number of benzene rings is 2. The lowest BCUT2D eigenvalue weighted by atomic mass is 10.2. The standard InChI is InChI=1S/C16H16BrClN2O/c1-20(10-12-6-8-13(17)9-7-12)11-16(21)19-15-5-3-2-4-14(15)18/h2-9H,10-11H2,1H3,(H,19,21)/p+1. The van der Waals surface area contributed by atoms with Gasteiger partial charge in [-0.1, -0.05) is 51.8 Å². The zero-order valence-electron chi connectivity index (χ0n) is 11.7. The van der Waals surface area contributed by atoms with E-state index in [9.17, 15) is 4.79 Å². The van der Waals surface area contributed by atoms with Crippen LogP contribution in [0.1, 0.15) is 5.56 Å². The highest BCUT2D eigenvalue weighted by Gasteiger charge is 2.12. The lowest BCUT2D eigenvalue weighted by molar-refractivity contribution is -0.885. The van der Waals surface area contributed by atoms with Crippen LogP contribution in [0.2, 0.25) is 5.02 Å². The highest BCUT2D eigenvalue weighted by atomic mass is 79.9. The average molecular weight is 369 g/mol. The number of carbonyl (C=O) groups excluding carboxylic acids is 1. The number of quaternary nitrogens is 1. The van der Waals surface area contributed by atoms with E-state index in [1.807, 2.05) is 31.3 Å². The van der Waals surface area contributed by atoms with E-state index in [0.717, 1.165) is 15.9 Å². The Bertz CT molecular complexity index is 616. The van der Waals surface area contributed by atoms with Crippen LogP contribution in [0.4, 0.5) is 5.69 Å². The Morgan fingerprint density at radius 2 is 1.86 bits per heavy atom. The molecular weight excluding hydrogens is 352 g/mol. The smallest absolute Gasteiger partial charge is 0.279 e. The molecule has 2 aromatic carbocycles. The van der Waals surface area contributed by atoms with Gasteiger partial charge in [0.2, 0.25) is 0 Å². The number of hydrogen-bond donors (Lipinski definition) is 2. The third-order valence-corrected chi connectivity index (χ3v) is 3.89. The van der Waals surface area contributed by atoms with E-state index in [4.69, 9.17) is 11.6 Å². The Kier molecular flexibility index (Phi) is 5.79. The maximum absolute atomic E-state index is 12.0. The van der Waals surface area contributed by atoms with Gasteiger partial charge in [0, 0.05) is 10.0 Å². The molecule has 1 amide bonds. The molecule has 0 aromatic heterocycles. The van der Waals surface area contributed by atoms with Crippen molar-refractivity contribution in [3.8, 4) is 0 Å². The van der Waals surface area contributed by atoms with Crippen molar-refractivity contribution < 1.29 is 9.69 Å². The third kappa shape index (κ3) is 5.16. The van der Waals surface area contributed by atoms with Gasteiger partial charge >= 0.3 is 0 Å². The zero-order chi connectivity index (χ0) is 15.2. The van der Waals surface area contributed by atoms with Crippen molar-refractivity contribution in [2.45, 2.75) is 6.54 Å². The van der Waals surface area contributed by atoms with Gasteiger partial charge < -0.3 is 10.2 Å². The molecule has 21 heavy (non-hydrogen) atoms. The minimum atomic E-state index is -0.0438. The van der Waals surface area contributed by atoms with Crippen molar-refractivity contribution in [1.29, 1.82) is 0 Å². The number of amides is 1. The molecule has 0 saturated carbocycles. The Balaban J connectivity index is 1.87. The molecule has 5 heteroatoms. The lowest BCUT2D eigenvalue weighted by Crippen LogP contribution is -3.08. The second-order valence-electron chi connectivity index (χ2n) is 4.97. The number of hydrogen-bond acceptors (Lipinski definition) is 1. The van der Waals surface area contributed by atoms with Gasteiger partial charge in [0.1, 0.15) is 6.54 Å². The second-order valence-corrected chi connectivity index (χ2v) is 6.29. The summed E-state index contributed by atoms with van der Waals surface area (Å²) in [6.07, 6.45) is 0. The molecule has 0 aliphatic rings. The molecule has 1 atom stereocenters. The summed E-state index contributed by atoms with van der Waals surface area (Å²) in [4.78, 5) is 13.1. The summed E-state index contributed by atoms with van der Waals surface area (Å²) in [5, 5.41) is 3.39. The summed E-state index contributed by atoms with van der Waals surface area (Å²) < 4.78 is 1.06. The van der Waals surface area contributed by atoms with Crippen LogP contribution in [0.25, 0.3) is 0 Å². The molecule has 0 saturated heterocycles. The van der Waals surface area contributed by atoms with Crippen molar-refractivity contribution in [2.75, 3.05) is 18.9 Å². The largest absolute Gasteiger partial charge is 0.326 e. The number of rotatable bonds is 5. The minimum Gasteiger partial charge on any atom is -0.326 e. The number of halogens is 2. The second kappa shape index (κ2) is 7.59. The van der Waals surface area contributed by atoms with Crippen molar-refractivity contribution in [1.82, 2.24) is 0 Å². The van der Waals surface area contributed by atoms with E-state index < -0.39 is 0 Å². The molecule has 0 fully saturated rings. The van der Waals surface area contributed by atoms with Gasteiger partial charge in [0.15, 0.2) is 6.54 Å². The topological polar surface area (TPSA) is 33.5 Å². The first-order chi connectivity index (χ1) is 10.0. The Morgan fingerprint density at radius 1 is 1.19 bits per heavy atom. The molecule has 110 valence electrons.